The van der Waals surface area contributed by atoms with Gasteiger partial charge < -0.3 is 10.1 Å². The van der Waals surface area contributed by atoms with Gasteiger partial charge in [0.1, 0.15) is 0 Å². The summed E-state index contributed by atoms with van der Waals surface area (Å²) < 4.78 is 7.37. The van der Waals surface area contributed by atoms with Crippen LogP contribution in [-0.2, 0) is 18.2 Å². The molecule has 0 amide bonds. The highest BCUT2D eigenvalue weighted by molar-refractivity contribution is 4.97. The summed E-state index contributed by atoms with van der Waals surface area (Å²) in [6.07, 6.45) is 6.54. The van der Waals surface area contributed by atoms with E-state index in [2.05, 4.69) is 22.6 Å². The van der Waals surface area contributed by atoms with E-state index >= 15 is 0 Å². The first-order chi connectivity index (χ1) is 8.79. The molecular formula is C13H24N4O. The van der Waals surface area contributed by atoms with Crippen molar-refractivity contribution in [2.24, 2.45) is 13.0 Å². The van der Waals surface area contributed by atoms with Crippen molar-refractivity contribution in [2.45, 2.75) is 38.6 Å². The number of hydrogen-bond acceptors (Lipinski definition) is 4. The van der Waals surface area contributed by atoms with Gasteiger partial charge in [-0.25, -0.2) is 0 Å². The molecule has 1 aromatic heterocycles. The fraction of sp³-hybridized carbons (Fsp3) is 0.846. The Balaban J connectivity index is 1.94. The monoisotopic (exact) mass is 252 g/mol. The third-order valence-electron chi connectivity index (χ3n) is 3.50. The molecule has 0 bridgehead atoms. The van der Waals surface area contributed by atoms with Gasteiger partial charge in [0.15, 0.2) is 0 Å². The Labute approximate surface area is 109 Å². The molecule has 5 nitrogen and oxygen atoms in total. The fourth-order valence-corrected chi connectivity index (χ4v) is 2.53. The predicted octanol–water partition coefficient (Wildman–Crippen LogP) is 1.15. The molecule has 1 aromatic rings. The molecule has 1 saturated heterocycles. The molecule has 0 aliphatic carbocycles. The zero-order valence-corrected chi connectivity index (χ0v) is 11.4. The van der Waals surface area contributed by atoms with Crippen LogP contribution in [-0.4, -0.2) is 40.8 Å². The van der Waals surface area contributed by atoms with Gasteiger partial charge in [-0.2, -0.15) is 0 Å². The smallest absolute Gasteiger partial charge is 0.0842 e. The van der Waals surface area contributed by atoms with Crippen LogP contribution in [0.3, 0.4) is 0 Å². The van der Waals surface area contributed by atoms with E-state index in [0.29, 0.717) is 12.0 Å². The molecule has 1 N–H and O–H groups in total. The molecule has 1 aliphatic rings. The van der Waals surface area contributed by atoms with Gasteiger partial charge in [0, 0.05) is 32.3 Å². The first kappa shape index (κ1) is 13.5. The molecule has 5 heteroatoms. The molecule has 0 radical (unpaired) electrons. The van der Waals surface area contributed by atoms with Crippen molar-refractivity contribution < 1.29 is 4.74 Å². The number of nitrogens with one attached hydrogen (secondary N) is 1. The average molecular weight is 252 g/mol. The van der Waals surface area contributed by atoms with E-state index in [-0.39, 0.29) is 0 Å². The highest BCUT2D eigenvalue weighted by Gasteiger charge is 2.24. The van der Waals surface area contributed by atoms with Crippen molar-refractivity contribution in [3.8, 4) is 0 Å². The lowest BCUT2D eigenvalue weighted by atomic mass is 9.90. The van der Waals surface area contributed by atoms with Gasteiger partial charge >= 0.3 is 0 Å². The standard InChI is InChI=1S/C13H24N4O/c1-3-6-14-13(11-5-4-7-18-10-11)8-12-9-17(2)16-15-12/h9,11,13-14H,3-8,10H2,1-2H3. The summed E-state index contributed by atoms with van der Waals surface area (Å²) in [5, 5.41) is 11.8. The molecule has 2 rings (SSSR count). The maximum absolute atomic E-state index is 5.60. The number of rotatable bonds is 6. The van der Waals surface area contributed by atoms with Gasteiger partial charge in [-0.3, -0.25) is 4.68 Å². The summed E-state index contributed by atoms with van der Waals surface area (Å²) in [5.41, 5.74) is 1.07. The van der Waals surface area contributed by atoms with Crippen molar-refractivity contribution in [3.63, 3.8) is 0 Å². The highest BCUT2D eigenvalue weighted by Crippen LogP contribution is 2.19. The molecule has 0 saturated carbocycles. The van der Waals surface area contributed by atoms with Crippen LogP contribution in [0.1, 0.15) is 31.9 Å². The summed E-state index contributed by atoms with van der Waals surface area (Å²) in [4.78, 5) is 0. The zero-order chi connectivity index (χ0) is 12.8. The fourth-order valence-electron chi connectivity index (χ4n) is 2.53. The zero-order valence-electron chi connectivity index (χ0n) is 11.4. The number of hydrogen-bond donors (Lipinski definition) is 1. The quantitative estimate of drug-likeness (QED) is 0.825. The Morgan fingerprint density at radius 2 is 2.50 bits per heavy atom. The minimum atomic E-state index is 0.460. The summed E-state index contributed by atoms with van der Waals surface area (Å²) in [6, 6.07) is 0.460. The van der Waals surface area contributed by atoms with Crippen LogP contribution in [0.4, 0.5) is 0 Å². The number of ether oxygens (including phenoxy) is 1. The number of aromatic nitrogens is 3. The predicted molar refractivity (Wildman–Crippen MR) is 70.3 cm³/mol. The van der Waals surface area contributed by atoms with Gasteiger partial charge in [0.25, 0.3) is 0 Å². The molecule has 18 heavy (non-hydrogen) atoms. The van der Waals surface area contributed by atoms with E-state index in [0.717, 1.165) is 38.3 Å². The SMILES string of the molecule is CCCNC(Cc1cn(C)nn1)C1CCCOC1. The van der Waals surface area contributed by atoms with Gasteiger partial charge in [-0.05, 0) is 31.7 Å². The van der Waals surface area contributed by atoms with Crippen molar-refractivity contribution in [1.29, 1.82) is 0 Å². The Kier molecular flexibility index (Phi) is 5.13. The van der Waals surface area contributed by atoms with E-state index < -0.39 is 0 Å². The second kappa shape index (κ2) is 6.85. The minimum Gasteiger partial charge on any atom is -0.381 e. The van der Waals surface area contributed by atoms with Crippen molar-refractivity contribution in [1.82, 2.24) is 20.3 Å². The maximum atomic E-state index is 5.60. The molecule has 2 atom stereocenters. The van der Waals surface area contributed by atoms with E-state index in [4.69, 9.17) is 4.74 Å². The average Bonchev–Trinajstić information content (AvgIpc) is 2.81. The third-order valence-corrected chi connectivity index (χ3v) is 3.50. The number of nitrogens with zero attached hydrogens (tertiary/aromatic N) is 3. The summed E-state index contributed by atoms with van der Waals surface area (Å²) in [7, 11) is 1.91. The normalized spacial score (nSPS) is 22.0. The van der Waals surface area contributed by atoms with Gasteiger partial charge in [0.05, 0.1) is 12.3 Å². The van der Waals surface area contributed by atoms with Crippen LogP contribution in [0.2, 0.25) is 0 Å². The van der Waals surface area contributed by atoms with E-state index in [1.54, 1.807) is 4.68 Å². The summed E-state index contributed by atoms with van der Waals surface area (Å²) >= 11 is 0. The van der Waals surface area contributed by atoms with Crippen LogP contribution < -0.4 is 5.32 Å². The first-order valence-corrected chi connectivity index (χ1v) is 6.96. The second-order valence-corrected chi connectivity index (χ2v) is 5.13. The molecule has 102 valence electrons. The van der Waals surface area contributed by atoms with Gasteiger partial charge in [-0.1, -0.05) is 12.1 Å². The largest absolute Gasteiger partial charge is 0.381 e. The Bertz CT molecular complexity index is 347. The van der Waals surface area contributed by atoms with Crippen molar-refractivity contribution >= 4 is 0 Å². The first-order valence-electron chi connectivity index (χ1n) is 6.96. The topological polar surface area (TPSA) is 52.0 Å². The van der Waals surface area contributed by atoms with Crippen LogP contribution >= 0.6 is 0 Å². The second-order valence-electron chi connectivity index (χ2n) is 5.13. The number of aryl methyl sites for hydroxylation is 1. The molecule has 0 spiro atoms. The molecular weight excluding hydrogens is 228 g/mol. The van der Waals surface area contributed by atoms with Crippen molar-refractivity contribution in [2.75, 3.05) is 19.8 Å². The van der Waals surface area contributed by atoms with Crippen LogP contribution in [0.5, 0.6) is 0 Å². The lowest BCUT2D eigenvalue weighted by molar-refractivity contribution is 0.0392. The molecule has 1 fully saturated rings. The Morgan fingerprint density at radius 3 is 3.11 bits per heavy atom. The molecule has 2 unspecified atom stereocenters. The van der Waals surface area contributed by atoms with Gasteiger partial charge in [-0.15, -0.1) is 5.10 Å². The summed E-state index contributed by atoms with van der Waals surface area (Å²) in [6.45, 7) is 5.05. The Morgan fingerprint density at radius 1 is 1.61 bits per heavy atom. The van der Waals surface area contributed by atoms with E-state index in [9.17, 15) is 0 Å². The lowest BCUT2D eigenvalue weighted by Gasteiger charge is -2.30. The van der Waals surface area contributed by atoms with Crippen LogP contribution in [0, 0.1) is 5.92 Å². The van der Waals surface area contributed by atoms with Crippen LogP contribution in [0.25, 0.3) is 0 Å². The van der Waals surface area contributed by atoms with Crippen LogP contribution in [0.15, 0.2) is 6.20 Å². The maximum Gasteiger partial charge on any atom is 0.0842 e. The van der Waals surface area contributed by atoms with E-state index in [1.165, 1.54) is 12.8 Å². The summed E-state index contributed by atoms with van der Waals surface area (Å²) in [5.74, 6) is 0.604. The molecule has 2 heterocycles. The molecule has 1 aliphatic heterocycles. The van der Waals surface area contributed by atoms with Gasteiger partial charge in [0.2, 0.25) is 0 Å². The highest BCUT2D eigenvalue weighted by atomic mass is 16.5. The van der Waals surface area contributed by atoms with E-state index in [1.807, 2.05) is 13.2 Å². The lowest BCUT2D eigenvalue weighted by Crippen LogP contribution is -2.42. The third kappa shape index (κ3) is 3.78. The minimum absolute atomic E-state index is 0.460. The molecule has 0 aromatic carbocycles. The van der Waals surface area contributed by atoms with Crippen molar-refractivity contribution in [3.05, 3.63) is 11.9 Å². The Hall–Kier alpha value is -0.940.